The molecule has 76 valence electrons. The summed E-state index contributed by atoms with van der Waals surface area (Å²) in [7, 11) is 2.21. The highest BCUT2D eigenvalue weighted by atomic mass is 15.3. The van der Waals surface area contributed by atoms with Crippen molar-refractivity contribution in [2.24, 2.45) is 0 Å². The fraction of sp³-hybridized carbons (Fsp3) is 0.818. The smallest absolute Gasteiger partial charge is 0.0192 e. The molecule has 0 aliphatic carbocycles. The van der Waals surface area contributed by atoms with Crippen molar-refractivity contribution < 1.29 is 0 Å². The van der Waals surface area contributed by atoms with Crippen LogP contribution >= 0.6 is 0 Å². The highest BCUT2D eigenvalue weighted by molar-refractivity contribution is 4.86. The van der Waals surface area contributed by atoms with E-state index >= 15 is 0 Å². The Morgan fingerprint density at radius 3 is 2.69 bits per heavy atom. The molecule has 0 aromatic heterocycles. The van der Waals surface area contributed by atoms with Crippen molar-refractivity contribution in [1.29, 1.82) is 0 Å². The lowest BCUT2D eigenvalue weighted by molar-refractivity contribution is 0.114. The van der Waals surface area contributed by atoms with Gasteiger partial charge in [0.1, 0.15) is 0 Å². The fourth-order valence-corrected chi connectivity index (χ4v) is 1.68. The minimum atomic E-state index is 0.712. The maximum atomic E-state index is 2.52. The molecule has 13 heavy (non-hydrogen) atoms. The second-order valence-electron chi connectivity index (χ2n) is 3.97. The van der Waals surface area contributed by atoms with E-state index in [9.17, 15) is 0 Å². The van der Waals surface area contributed by atoms with Crippen LogP contribution in [-0.2, 0) is 0 Å². The Morgan fingerprint density at radius 1 is 1.31 bits per heavy atom. The Balaban J connectivity index is 2.25. The van der Waals surface area contributed by atoms with Crippen LogP contribution < -0.4 is 0 Å². The predicted molar refractivity (Wildman–Crippen MR) is 58.0 cm³/mol. The normalized spacial score (nSPS) is 27.2. The number of likely N-dealkylation sites (N-methyl/N-ethyl adjacent to an activating group) is 1. The van der Waals surface area contributed by atoms with Gasteiger partial charge in [-0.25, -0.2) is 0 Å². The number of hydrogen-bond donors (Lipinski definition) is 0. The van der Waals surface area contributed by atoms with Gasteiger partial charge in [-0.15, -0.1) is 0 Å². The summed E-state index contributed by atoms with van der Waals surface area (Å²) >= 11 is 0. The Labute approximate surface area is 82.2 Å². The highest BCUT2D eigenvalue weighted by Crippen LogP contribution is 2.06. The molecular weight excluding hydrogens is 160 g/mol. The van der Waals surface area contributed by atoms with Gasteiger partial charge in [0.2, 0.25) is 0 Å². The van der Waals surface area contributed by atoms with E-state index in [1.54, 1.807) is 0 Å². The lowest BCUT2D eigenvalue weighted by atomic mass is 10.2. The van der Waals surface area contributed by atoms with E-state index in [1.807, 2.05) is 0 Å². The molecule has 1 heterocycles. The summed E-state index contributed by atoms with van der Waals surface area (Å²) in [5.41, 5.74) is 0. The van der Waals surface area contributed by atoms with Gasteiger partial charge in [0.15, 0.2) is 0 Å². The number of rotatable bonds is 3. The van der Waals surface area contributed by atoms with Crippen molar-refractivity contribution in [3.63, 3.8) is 0 Å². The molecule has 0 radical (unpaired) electrons. The van der Waals surface area contributed by atoms with Gasteiger partial charge in [0.05, 0.1) is 0 Å². The van der Waals surface area contributed by atoms with Crippen LogP contribution in [0.5, 0.6) is 0 Å². The molecule has 1 aliphatic heterocycles. The van der Waals surface area contributed by atoms with Crippen LogP contribution in [0.1, 0.15) is 20.3 Å². The maximum Gasteiger partial charge on any atom is 0.0192 e. The molecule has 0 N–H and O–H groups in total. The second kappa shape index (κ2) is 5.40. The standard InChI is InChI=1S/C11H22N2/c1-4-5-6-7-13-9-8-12(3)11(2)10-13/h5-6,11H,4,7-10H2,1-3H3/b6-5+/t11-/m0/s1. The lowest BCUT2D eigenvalue weighted by Gasteiger charge is -2.37. The monoisotopic (exact) mass is 182 g/mol. The van der Waals surface area contributed by atoms with E-state index in [-0.39, 0.29) is 0 Å². The second-order valence-corrected chi connectivity index (χ2v) is 3.97. The largest absolute Gasteiger partial charge is 0.301 e. The van der Waals surface area contributed by atoms with Crippen molar-refractivity contribution in [2.45, 2.75) is 26.3 Å². The average molecular weight is 182 g/mol. The molecule has 0 unspecified atom stereocenters. The van der Waals surface area contributed by atoms with E-state index < -0.39 is 0 Å². The van der Waals surface area contributed by atoms with Gasteiger partial charge in [0.25, 0.3) is 0 Å². The lowest BCUT2D eigenvalue weighted by Crippen LogP contribution is -2.49. The summed E-state index contributed by atoms with van der Waals surface area (Å²) < 4.78 is 0. The third-order valence-electron chi connectivity index (χ3n) is 2.81. The van der Waals surface area contributed by atoms with E-state index in [4.69, 9.17) is 0 Å². The van der Waals surface area contributed by atoms with E-state index in [0.29, 0.717) is 6.04 Å². The van der Waals surface area contributed by atoms with Crippen molar-refractivity contribution >= 4 is 0 Å². The molecule has 2 nitrogen and oxygen atoms in total. The summed E-state index contributed by atoms with van der Waals surface area (Å²) in [5.74, 6) is 0. The zero-order chi connectivity index (χ0) is 9.68. The van der Waals surface area contributed by atoms with Crippen LogP contribution in [0.25, 0.3) is 0 Å². The van der Waals surface area contributed by atoms with Gasteiger partial charge >= 0.3 is 0 Å². The first-order chi connectivity index (χ1) is 6.24. The Hall–Kier alpha value is -0.340. The summed E-state index contributed by atoms with van der Waals surface area (Å²) in [5, 5.41) is 0. The molecular formula is C11H22N2. The molecule has 0 aromatic rings. The van der Waals surface area contributed by atoms with Crippen LogP contribution in [-0.4, -0.2) is 49.1 Å². The molecule has 0 aromatic carbocycles. The van der Waals surface area contributed by atoms with Gasteiger partial charge in [-0.2, -0.15) is 0 Å². The first-order valence-corrected chi connectivity index (χ1v) is 5.31. The summed E-state index contributed by atoms with van der Waals surface area (Å²) in [6, 6.07) is 0.712. The minimum Gasteiger partial charge on any atom is -0.301 e. The maximum absolute atomic E-state index is 2.52. The van der Waals surface area contributed by atoms with E-state index in [2.05, 4.69) is 42.8 Å². The average Bonchev–Trinajstić information content (AvgIpc) is 2.12. The van der Waals surface area contributed by atoms with Crippen molar-refractivity contribution in [3.8, 4) is 0 Å². The molecule has 0 saturated carbocycles. The van der Waals surface area contributed by atoms with Crippen molar-refractivity contribution in [1.82, 2.24) is 9.80 Å². The van der Waals surface area contributed by atoms with Crippen molar-refractivity contribution in [2.75, 3.05) is 33.2 Å². The zero-order valence-corrected chi connectivity index (χ0v) is 9.16. The van der Waals surface area contributed by atoms with Crippen molar-refractivity contribution in [3.05, 3.63) is 12.2 Å². The Bertz CT molecular complexity index is 165. The minimum absolute atomic E-state index is 0.712. The van der Waals surface area contributed by atoms with Gasteiger partial charge in [-0.3, -0.25) is 4.90 Å². The molecule has 1 rings (SSSR count). The summed E-state index contributed by atoms with van der Waals surface area (Å²) in [6.45, 7) is 9.26. The topological polar surface area (TPSA) is 6.48 Å². The Kier molecular flexibility index (Phi) is 4.46. The van der Waals surface area contributed by atoms with E-state index in [1.165, 1.54) is 19.6 Å². The Morgan fingerprint density at radius 2 is 2.08 bits per heavy atom. The van der Waals surface area contributed by atoms with Gasteiger partial charge in [-0.1, -0.05) is 19.1 Å². The number of allylic oxidation sites excluding steroid dienone is 1. The fourth-order valence-electron chi connectivity index (χ4n) is 1.68. The van der Waals surface area contributed by atoms with E-state index in [0.717, 1.165) is 13.0 Å². The third-order valence-corrected chi connectivity index (χ3v) is 2.81. The number of piperazine rings is 1. The molecule has 0 bridgehead atoms. The van der Waals surface area contributed by atoms with Gasteiger partial charge in [0, 0.05) is 32.2 Å². The molecule has 1 atom stereocenters. The van der Waals surface area contributed by atoms with Gasteiger partial charge in [-0.05, 0) is 20.4 Å². The predicted octanol–water partition coefficient (Wildman–Crippen LogP) is 1.59. The highest BCUT2D eigenvalue weighted by Gasteiger charge is 2.18. The molecule has 2 heteroatoms. The SMILES string of the molecule is CC/C=C/CN1CCN(C)[C@@H](C)C1. The molecule has 1 fully saturated rings. The van der Waals surface area contributed by atoms with Gasteiger partial charge < -0.3 is 4.90 Å². The number of nitrogens with zero attached hydrogens (tertiary/aromatic N) is 2. The van der Waals surface area contributed by atoms with Crippen LogP contribution in [0.2, 0.25) is 0 Å². The van der Waals surface area contributed by atoms with Crippen LogP contribution in [0.4, 0.5) is 0 Å². The first-order valence-electron chi connectivity index (χ1n) is 5.31. The third kappa shape index (κ3) is 3.49. The van der Waals surface area contributed by atoms with Crippen LogP contribution in [0.3, 0.4) is 0 Å². The molecule has 1 aliphatic rings. The molecule has 0 amide bonds. The summed E-state index contributed by atoms with van der Waals surface area (Å²) in [4.78, 5) is 4.96. The summed E-state index contributed by atoms with van der Waals surface area (Å²) in [6.07, 6.45) is 5.70. The molecule has 0 spiro atoms. The number of hydrogen-bond acceptors (Lipinski definition) is 2. The van der Waals surface area contributed by atoms with Crippen LogP contribution in [0.15, 0.2) is 12.2 Å². The molecule has 1 saturated heterocycles. The first kappa shape index (κ1) is 10.7. The quantitative estimate of drug-likeness (QED) is 0.612. The zero-order valence-electron chi connectivity index (χ0n) is 9.16. The van der Waals surface area contributed by atoms with Crippen LogP contribution in [0, 0.1) is 0 Å².